The predicted molar refractivity (Wildman–Crippen MR) is 43.5 cm³/mol. The first-order chi connectivity index (χ1) is 5.91. The molecule has 5 N–H and O–H groups in total. The van der Waals surface area contributed by atoms with Crippen LogP contribution in [-0.4, -0.2) is 91.8 Å². The van der Waals surface area contributed by atoms with E-state index in [4.69, 9.17) is 25.5 Å². The van der Waals surface area contributed by atoms with Crippen LogP contribution in [0.15, 0.2) is 0 Å². The maximum absolute atomic E-state index is 10.1. The van der Waals surface area contributed by atoms with Crippen LogP contribution in [0.1, 0.15) is 0 Å². The number of aliphatic hydroxyl groups is 4. The van der Waals surface area contributed by atoms with Gasteiger partial charge in [-0.3, -0.25) is 0 Å². The van der Waals surface area contributed by atoms with Crippen LogP contribution in [0.25, 0.3) is 0 Å². The first-order valence-corrected chi connectivity index (χ1v) is 3.32. The molecule has 0 heterocycles. The quantitative estimate of drug-likeness (QED) is 0.236. The fourth-order valence-electron chi connectivity index (χ4n) is 0.615. The van der Waals surface area contributed by atoms with Gasteiger partial charge in [0.1, 0.15) is 18.3 Å². The molecule has 14 heavy (non-hydrogen) atoms. The number of aldehydes is 1. The topological polar surface area (TPSA) is 135 Å². The smallest absolute Gasteiger partial charge is 0.335 e. The third-order valence-electron chi connectivity index (χ3n) is 1.42. The summed E-state index contributed by atoms with van der Waals surface area (Å²) >= 11 is 0. The van der Waals surface area contributed by atoms with Gasteiger partial charge in [-0.25, -0.2) is 4.79 Å². The second-order valence-corrected chi connectivity index (χ2v) is 2.39. The normalized spacial score (nSPS) is 18.6. The zero-order valence-electron chi connectivity index (χ0n) is 7.44. The first-order valence-electron chi connectivity index (χ1n) is 3.32. The molecule has 0 aromatic heterocycles. The molecule has 0 aliphatic heterocycles. The molecule has 0 aromatic carbocycles. The maximum Gasteiger partial charge on any atom is 0.335 e. The molecule has 1 radical (unpaired) electrons. The Bertz CT molecular complexity index is 197. The summed E-state index contributed by atoms with van der Waals surface area (Å²) in [7, 11) is 0. The minimum Gasteiger partial charge on any atom is -0.479 e. The van der Waals surface area contributed by atoms with Crippen LogP contribution in [0.5, 0.6) is 0 Å². The second-order valence-electron chi connectivity index (χ2n) is 2.39. The van der Waals surface area contributed by atoms with Gasteiger partial charge in [-0.2, -0.15) is 0 Å². The molecule has 0 unspecified atom stereocenters. The summed E-state index contributed by atoms with van der Waals surface area (Å²) in [5, 5.41) is 43.2. The molecule has 0 bridgehead atoms. The zero-order valence-corrected chi connectivity index (χ0v) is 9.44. The number of hydrogen-bond acceptors (Lipinski definition) is 6. The monoisotopic (exact) mass is 217 g/mol. The Hall–Kier alpha value is -0.0200. The Morgan fingerprint density at radius 2 is 1.50 bits per heavy atom. The van der Waals surface area contributed by atoms with E-state index >= 15 is 0 Å². The van der Waals surface area contributed by atoms with Crippen molar-refractivity contribution in [2.24, 2.45) is 0 Å². The van der Waals surface area contributed by atoms with Crippen LogP contribution in [0.3, 0.4) is 0 Å². The summed E-state index contributed by atoms with van der Waals surface area (Å²) < 4.78 is 0. The molecule has 0 saturated carbocycles. The van der Waals surface area contributed by atoms with Crippen molar-refractivity contribution < 1.29 is 35.1 Å². The molecule has 0 aliphatic rings. The molecule has 77 valence electrons. The number of carboxylic acid groups (broad SMARTS) is 1. The van der Waals surface area contributed by atoms with Crippen molar-refractivity contribution in [2.45, 2.75) is 24.4 Å². The van der Waals surface area contributed by atoms with E-state index in [1.165, 1.54) is 0 Å². The average Bonchev–Trinajstić information content (AvgIpc) is 2.12. The molecule has 4 atom stereocenters. The zero-order chi connectivity index (χ0) is 10.6. The Morgan fingerprint density at radius 1 is 1.07 bits per heavy atom. The Morgan fingerprint density at radius 3 is 1.79 bits per heavy atom. The third kappa shape index (κ3) is 4.47. The molecule has 0 spiro atoms. The second kappa shape index (κ2) is 7.30. The molecule has 0 aliphatic carbocycles. The van der Waals surface area contributed by atoms with Crippen molar-refractivity contribution in [2.75, 3.05) is 0 Å². The van der Waals surface area contributed by atoms with E-state index < -0.39 is 30.4 Å². The van der Waals surface area contributed by atoms with E-state index in [9.17, 15) is 9.59 Å². The molecule has 0 rings (SSSR count). The van der Waals surface area contributed by atoms with Gasteiger partial charge in [0.05, 0.1) is 0 Å². The van der Waals surface area contributed by atoms with E-state index in [0.717, 1.165) is 0 Å². The van der Waals surface area contributed by atoms with Gasteiger partial charge in [-0.05, 0) is 0 Å². The maximum atomic E-state index is 10.1. The Labute approximate surface area is 101 Å². The van der Waals surface area contributed by atoms with Gasteiger partial charge < -0.3 is 30.3 Å². The van der Waals surface area contributed by atoms with E-state index in [0.29, 0.717) is 0 Å². The number of rotatable bonds is 5. The Kier molecular flexibility index (Phi) is 8.55. The van der Waals surface area contributed by atoms with Crippen LogP contribution in [-0.2, 0) is 9.59 Å². The van der Waals surface area contributed by atoms with Gasteiger partial charge in [0.25, 0.3) is 0 Å². The van der Waals surface area contributed by atoms with Crippen molar-refractivity contribution in [3.8, 4) is 0 Å². The van der Waals surface area contributed by atoms with E-state index in [1.54, 1.807) is 0 Å². The van der Waals surface area contributed by atoms with Crippen LogP contribution >= 0.6 is 0 Å². The van der Waals surface area contributed by atoms with Crippen molar-refractivity contribution >= 4 is 41.8 Å². The van der Waals surface area contributed by atoms with Crippen molar-refractivity contribution in [1.82, 2.24) is 0 Å². The molecule has 0 fully saturated rings. The SMILES string of the molecule is O=C[C@H](O)[C@@H](O)[C@@H](O)[C@H](O)C(=O)O.[Na]. The number of aliphatic carboxylic acids is 1. The molecular formula is C6H10NaO7. The van der Waals surface area contributed by atoms with Gasteiger partial charge in [-0.15, -0.1) is 0 Å². The summed E-state index contributed by atoms with van der Waals surface area (Å²) in [5.74, 6) is -1.76. The van der Waals surface area contributed by atoms with Crippen molar-refractivity contribution in [1.29, 1.82) is 0 Å². The van der Waals surface area contributed by atoms with Crippen LogP contribution in [0, 0.1) is 0 Å². The minimum absolute atomic E-state index is 0. The largest absolute Gasteiger partial charge is 0.479 e. The van der Waals surface area contributed by atoms with Gasteiger partial charge >= 0.3 is 5.97 Å². The number of hydrogen-bond donors (Lipinski definition) is 5. The molecular weight excluding hydrogens is 207 g/mol. The number of carboxylic acids is 1. The van der Waals surface area contributed by atoms with Crippen LogP contribution in [0.2, 0.25) is 0 Å². The average molecular weight is 217 g/mol. The summed E-state index contributed by atoms with van der Waals surface area (Å²) in [6.07, 6.45) is -8.39. The van der Waals surface area contributed by atoms with E-state index in [1.807, 2.05) is 0 Å². The fraction of sp³-hybridized carbons (Fsp3) is 0.667. The molecule has 8 heteroatoms. The standard InChI is InChI=1S/C6H10O7.Na/c7-1-2(8)3(9)4(10)5(11)6(12)13;/h1-5,8-11H,(H,12,13);/t2-,3+,4+,5-;/m0./s1. The number of aliphatic hydroxyl groups excluding tert-OH is 4. The summed E-state index contributed by atoms with van der Waals surface area (Å²) in [6.45, 7) is 0. The molecule has 0 saturated heterocycles. The first kappa shape index (κ1) is 16.4. The molecule has 0 amide bonds. The van der Waals surface area contributed by atoms with Gasteiger partial charge in [0, 0.05) is 29.6 Å². The van der Waals surface area contributed by atoms with Crippen molar-refractivity contribution in [3.05, 3.63) is 0 Å². The van der Waals surface area contributed by atoms with Gasteiger partial charge in [0.15, 0.2) is 12.4 Å². The number of carbonyl (C=O) groups is 2. The summed E-state index contributed by atoms with van der Waals surface area (Å²) in [6, 6.07) is 0. The number of carbonyl (C=O) groups excluding carboxylic acids is 1. The minimum atomic E-state index is -2.25. The fourth-order valence-corrected chi connectivity index (χ4v) is 0.615. The van der Waals surface area contributed by atoms with E-state index in [-0.39, 0.29) is 35.8 Å². The van der Waals surface area contributed by atoms with Gasteiger partial charge in [0.2, 0.25) is 0 Å². The van der Waals surface area contributed by atoms with Crippen molar-refractivity contribution in [3.63, 3.8) is 0 Å². The Balaban J connectivity index is 0. The van der Waals surface area contributed by atoms with E-state index in [2.05, 4.69) is 0 Å². The predicted octanol–water partition coefficient (Wildman–Crippen LogP) is -3.67. The molecule has 0 aromatic rings. The summed E-state index contributed by atoms with van der Waals surface area (Å²) in [5.41, 5.74) is 0. The third-order valence-corrected chi connectivity index (χ3v) is 1.42. The molecule has 7 nitrogen and oxygen atoms in total. The van der Waals surface area contributed by atoms with Crippen LogP contribution in [0.4, 0.5) is 0 Å². The van der Waals surface area contributed by atoms with Gasteiger partial charge in [-0.1, -0.05) is 0 Å². The summed E-state index contributed by atoms with van der Waals surface area (Å²) in [4.78, 5) is 20.0. The van der Waals surface area contributed by atoms with Crippen LogP contribution < -0.4 is 0 Å².